The van der Waals surface area contributed by atoms with Crippen LogP contribution in [-0.4, -0.2) is 51.7 Å². The molecule has 4 fully saturated rings. The summed E-state index contributed by atoms with van der Waals surface area (Å²) in [5.74, 6) is 2.33. The van der Waals surface area contributed by atoms with Crippen molar-refractivity contribution < 1.29 is 20.1 Å². The van der Waals surface area contributed by atoms with E-state index in [-0.39, 0.29) is 16.4 Å². The van der Waals surface area contributed by atoms with Gasteiger partial charge < -0.3 is 20.1 Å². The molecule has 39 heavy (non-hydrogen) atoms. The van der Waals surface area contributed by atoms with Crippen molar-refractivity contribution in [1.29, 1.82) is 0 Å². The normalized spacial score (nSPS) is 39.1. The molecular formula is C34H51NO4. The lowest BCUT2D eigenvalue weighted by atomic mass is 9.61. The van der Waals surface area contributed by atoms with Crippen LogP contribution in [0.25, 0.3) is 0 Å². The van der Waals surface area contributed by atoms with E-state index in [0.29, 0.717) is 37.1 Å². The standard InChI is InChI=1S/C34H51NO4/c1-6-33(7-2)21-35-31(39-33)34(17-18-34)30(38)15-10-22(3)27-13-14-28-24(9-8-16-32(27,28)5)11-12-25-19-26(36)20-29(37)23(25)4/h10-12,15,22,26-30,36-38H,4,6-9,13-14,16-21H2,1-3,5H3/b15-10+,24-11+,25-12-/t22-,26-,27-,28+,29+,30+,32-/m1/s1. The molecule has 1 aliphatic heterocycles. The molecule has 0 saturated heterocycles. The van der Waals surface area contributed by atoms with Gasteiger partial charge in [-0.05, 0) is 98.5 Å². The molecule has 216 valence electrons. The van der Waals surface area contributed by atoms with E-state index in [9.17, 15) is 15.3 Å². The number of allylic oxidation sites excluding steroid dienone is 4. The third-order valence-corrected chi connectivity index (χ3v) is 11.4. The van der Waals surface area contributed by atoms with Crippen LogP contribution in [0.1, 0.15) is 98.3 Å². The average molecular weight is 538 g/mol. The summed E-state index contributed by atoms with van der Waals surface area (Å²) >= 11 is 0. The Morgan fingerprint density at radius 3 is 2.51 bits per heavy atom. The summed E-state index contributed by atoms with van der Waals surface area (Å²) in [5.41, 5.74) is 3.01. The maximum absolute atomic E-state index is 11.3. The van der Waals surface area contributed by atoms with E-state index in [1.807, 2.05) is 6.08 Å². The number of aliphatic hydroxyl groups is 3. The second-order valence-corrected chi connectivity index (χ2v) is 13.6. The van der Waals surface area contributed by atoms with Crippen LogP contribution in [0.4, 0.5) is 0 Å². The molecule has 3 N–H and O–H groups in total. The fourth-order valence-electron chi connectivity index (χ4n) is 8.34. The molecule has 4 aliphatic carbocycles. The molecule has 0 radical (unpaired) electrons. The zero-order valence-electron chi connectivity index (χ0n) is 24.7. The minimum atomic E-state index is -0.642. The smallest absolute Gasteiger partial charge is 0.193 e. The Kier molecular flexibility index (Phi) is 8.09. The van der Waals surface area contributed by atoms with Gasteiger partial charge in [-0.2, -0.15) is 0 Å². The number of hydrogen-bond acceptors (Lipinski definition) is 5. The van der Waals surface area contributed by atoms with Crippen LogP contribution in [0.2, 0.25) is 0 Å². The van der Waals surface area contributed by atoms with E-state index in [2.05, 4.69) is 52.5 Å². The highest BCUT2D eigenvalue weighted by Crippen LogP contribution is 2.60. The Balaban J connectivity index is 1.26. The van der Waals surface area contributed by atoms with Crippen LogP contribution >= 0.6 is 0 Å². The topological polar surface area (TPSA) is 82.3 Å². The van der Waals surface area contributed by atoms with Crippen molar-refractivity contribution in [2.45, 2.75) is 122 Å². The van der Waals surface area contributed by atoms with Crippen LogP contribution in [0, 0.1) is 28.6 Å². The predicted molar refractivity (Wildman–Crippen MR) is 157 cm³/mol. The predicted octanol–water partition coefficient (Wildman–Crippen LogP) is 6.45. The first-order chi connectivity index (χ1) is 18.6. The third-order valence-electron chi connectivity index (χ3n) is 11.4. The van der Waals surface area contributed by atoms with Gasteiger partial charge in [-0.25, -0.2) is 0 Å². The highest BCUT2D eigenvalue weighted by atomic mass is 16.5. The summed E-state index contributed by atoms with van der Waals surface area (Å²) in [6.45, 7) is 14.0. The summed E-state index contributed by atoms with van der Waals surface area (Å²) in [7, 11) is 0. The molecule has 0 aromatic rings. The zero-order chi connectivity index (χ0) is 28.0. The summed E-state index contributed by atoms with van der Waals surface area (Å²) < 4.78 is 6.40. The molecule has 1 heterocycles. The van der Waals surface area contributed by atoms with E-state index < -0.39 is 18.3 Å². The van der Waals surface area contributed by atoms with E-state index in [1.54, 1.807) is 0 Å². The Bertz CT molecular complexity index is 1060. The molecule has 0 aromatic heterocycles. The Morgan fingerprint density at radius 1 is 1.10 bits per heavy atom. The van der Waals surface area contributed by atoms with Crippen LogP contribution in [0.15, 0.2) is 52.6 Å². The van der Waals surface area contributed by atoms with Gasteiger partial charge in [0.05, 0.1) is 30.3 Å². The molecule has 5 heteroatoms. The summed E-state index contributed by atoms with van der Waals surface area (Å²) in [4.78, 5) is 4.78. The largest absolute Gasteiger partial charge is 0.472 e. The van der Waals surface area contributed by atoms with E-state index in [0.717, 1.165) is 49.1 Å². The van der Waals surface area contributed by atoms with Gasteiger partial charge in [0.1, 0.15) is 5.60 Å². The first-order valence-electron chi connectivity index (χ1n) is 15.6. The first kappa shape index (κ1) is 28.8. The fourth-order valence-corrected chi connectivity index (χ4v) is 8.34. The van der Waals surface area contributed by atoms with Crippen molar-refractivity contribution in [1.82, 2.24) is 0 Å². The number of aliphatic imine (C=N–C) groups is 1. The highest BCUT2D eigenvalue weighted by Gasteiger charge is 2.57. The molecule has 0 unspecified atom stereocenters. The van der Waals surface area contributed by atoms with Crippen molar-refractivity contribution in [2.75, 3.05) is 6.54 Å². The maximum Gasteiger partial charge on any atom is 0.193 e. The Morgan fingerprint density at radius 2 is 1.85 bits per heavy atom. The molecule has 4 saturated carbocycles. The Hall–Kier alpha value is -1.69. The average Bonchev–Trinajstić information content (AvgIpc) is 3.48. The summed E-state index contributed by atoms with van der Waals surface area (Å²) in [6.07, 6.45) is 17.8. The highest BCUT2D eigenvalue weighted by molar-refractivity contribution is 5.88. The zero-order valence-corrected chi connectivity index (χ0v) is 24.7. The van der Waals surface area contributed by atoms with Gasteiger partial charge in [-0.1, -0.05) is 64.2 Å². The molecule has 0 bridgehead atoms. The molecule has 5 rings (SSSR count). The summed E-state index contributed by atoms with van der Waals surface area (Å²) in [6, 6.07) is 0. The molecule has 0 spiro atoms. The number of ether oxygens (including phenoxy) is 1. The van der Waals surface area contributed by atoms with Gasteiger partial charge in [-0.3, -0.25) is 4.99 Å². The van der Waals surface area contributed by atoms with E-state index >= 15 is 0 Å². The molecule has 0 amide bonds. The monoisotopic (exact) mass is 537 g/mol. The molecular weight excluding hydrogens is 486 g/mol. The number of hydrogen-bond donors (Lipinski definition) is 3. The van der Waals surface area contributed by atoms with Gasteiger partial charge in [-0.15, -0.1) is 0 Å². The van der Waals surface area contributed by atoms with Gasteiger partial charge in [0, 0.05) is 6.42 Å². The van der Waals surface area contributed by atoms with Crippen molar-refractivity contribution in [3.63, 3.8) is 0 Å². The molecule has 5 aliphatic rings. The first-order valence-corrected chi connectivity index (χ1v) is 15.6. The number of fused-ring (bicyclic) bond motifs is 1. The van der Waals surface area contributed by atoms with Crippen LogP contribution in [0.3, 0.4) is 0 Å². The van der Waals surface area contributed by atoms with Crippen LogP contribution in [-0.2, 0) is 4.74 Å². The van der Waals surface area contributed by atoms with Crippen LogP contribution < -0.4 is 0 Å². The molecule has 0 aromatic carbocycles. The van der Waals surface area contributed by atoms with Crippen molar-refractivity contribution in [3.05, 3.63) is 47.6 Å². The number of nitrogens with zero attached hydrogens (tertiary/aromatic N) is 1. The third kappa shape index (κ3) is 5.24. The van der Waals surface area contributed by atoms with Crippen LogP contribution in [0.5, 0.6) is 0 Å². The van der Waals surface area contributed by atoms with Gasteiger partial charge in [0.2, 0.25) is 0 Å². The van der Waals surface area contributed by atoms with Crippen molar-refractivity contribution in [3.8, 4) is 0 Å². The number of aliphatic hydroxyl groups excluding tert-OH is 3. The van der Waals surface area contributed by atoms with Crippen molar-refractivity contribution in [2.24, 2.45) is 33.6 Å². The summed E-state index contributed by atoms with van der Waals surface area (Å²) in [5, 5.41) is 31.7. The fraction of sp³-hybridized carbons (Fsp3) is 0.735. The van der Waals surface area contributed by atoms with Gasteiger partial charge in [0.25, 0.3) is 0 Å². The SMILES string of the molecule is C=C1/C(=C\C=C2/CCC[C@]3(C)[C@@H]([C@H](C)/C=C/[C@H](O)C4(C5=NCC(CC)(CC)O5)CC4)CC[C@@H]23)C[C@@H](O)C[C@@H]1O. The number of rotatable bonds is 8. The molecule has 7 atom stereocenters. The lowest BCUT2D eigenvalue weighted by molar-refractivity contribution is 0.0589. The maximum atomic E-state index is 11.3. The lowest BCUT2D eigenvalue weighted by Crippen LogP contribution is -2.37. The second-order valence-electron chi connectivity index (χ2n) is 13.6. The quantitative estimate of drug-likeness (QED) is 0.311. The van der Waals surface area contributed by atoms with E-state index in [1.165, 1.54) is 31.3 Å². The van der Waals surface area contributed by atoms with E-state index in [4.69, 9.17) is 9.73 Å². The molecule has 5 nitrogen and oxygen atoms in total. The van der Waals surface area contributed by atoms with Crippen molar-refractivity contribution >= 4 is 5.90 Å². The van der Waals surface area contributed by atoms with Gasteiger partial charge in [0.15, 0.2) is 5.90 Å². The Labute approximate surface area is 235 Å². The minimum Gasteiger partial charge on any atom is -0.472 e. The lowest BCUT2D eigenvalue weighted by Gasteiger charge is -2.44. The second kappa shape index (κ2) is 10.9. The minimum absolute atomic E-state index is 0.179. The van der Waals surface area contributed by atoms with Gasteiger partial charge >= 0.3 is 0 Å².